The Bertz CT molecular complexity index is 591. The van der Waals surface area contributed by atoms with Gasteiger partial charge < -0.3 is 9.64 Å². The molecule has 0 radical (unpaired) electrons. The van der Waals surface area contributed by atoms with Gasteiger partial charge in [0.2, 0.25) is 5.91 Å². The predicted molar refractivity (Wildman–Crippen MR) is 104 cm³/mol. The zero-order valence-electron chi connectivity index (χ0n) is 16.5. The quantitative estimate of drug-likeness (QED) is 0.807. The summed E-state index contributed by atoms with van der Waals surface area (Å²) in [7, 11) is 3.99. The predicted octanol–water partition coefficient (Wildman–Crippen LogP) is 2.17. The van der Waals surface area contributed by atoms with E-state index >= 15 is 0 Å². The molecule has 1 unspecified atom stereocenters. The SMILES string of the molecule is Cc1cccc(C(C(=O)N2CCC(CN3CCOCC3)CC2)N(C)C)c1. The van der Waals surface area contributed by atoms with E-state index in [1.165, 1.54) is 5.56 Å². The summed E-state index contributed by atoms with van der Waals surface area (Å²) in [6.45, 7) is 8.81. The molecule has 1 aromatic rings. The smallest absolute Gasteiger partial charge is 0.244 e. The van der Waals surface area contributed by atoms with E-state index in [1.54, 1.807) is 0 Å². The Morgan fingerprint density at radius 2 is 1.88 bits per heavy atom. The van der Waals surface area contributed by atoms with Gasteiger partial charge in [-0.05, 0) is 45.3 Å². The molecule has 5 nitrogen and oxygen atoms in total. The summed E-state index contributed by atoms with van der Waals surface area (Å²) in [6, 6.07) is 8.14. The molecule has 3 rings (SSSR count). The highest BCUT2D eigenvalue weighted by atomic mass is 16.5. The van der Waals surface area contributed by atoms with Crippen molar-refractivity contribution in [1.29, 1.82) is 0 Å². The Morgan fingerprint density at radius 1 is 1.19 bits per heavy atom. The first kappa shape index (κ1) is 19.3. The van der Waals surface area contributed by atoms with Gasteiger partial charge in [0, 0.05) is 32.7 Å². The van der Waals surface area contributed by atoms with Crippen LogP contribution in [0.4, 0.5) is 0 Å². The Morgan fingerprint density at radius 3 is 2.50 bits per heavy atom. The van der Waals surface area contributed by atoms with Crippen molar-refractivity contribution >= 4 is 5.91 Å². The van der Waals surface area contributed by atoms with Crippen LogP contribution < -0.4 is 0 Å². The van der Waals surface area contributed by atoms with E-state index in [1.807, 2.05) is 25.1 Å². The number of amides is 1. The number of hydrogen-bond acceptors (Lipinski definition) is 4. The van der Waals surface area contributed by atoms with Crippen LogP contribution >= 0.6 is 0 Å². The summed E-state index contributed by atoms with van der Waals surface area (Å²) in [4.78, 5) is 19.8. The Kier molecular flexibility index (Phi) is 6.68. The molecule has 5 heteroatoms. The van der Waals surface area contributed by atoms with Gasteiger partial charge in [-0.1, -0.05) is 29.8 Å². The molecule has 0 spiro atoms. The average Bonchev–Trinajstić information content (AvgIpc) is 2.63. The van der Waals surface area contributed by atoms with Crippen LogP contribution in [0.1, 0.15) is 30.0 Å². The number of likely N-dealkylation sites (tertiary alicyclic amines) is 1. The molecule has 1 aromatic carbocycles. The fourth-order valence-electron chi connectivity index (χ4n) is 4.16. The van der Waals surface area contributed by atoms with Crippen LogP contribution in [0.5, 0.6) is 0 Å². The number of hydrogen-bond donors (Lipinski definition) is 0. The largest absolute Gasteiger partial charge is 0.379 e. The first-order chi connectivity index (χ1) is 12.5. The molecule has 2 aliphatic rings. The van der Waals surface area contributed by atoms with Crippen LogP contribution in [-0.2, 0) is 9.53 Å². The highest BCUT2D eigenvalue weighted by Crippen LogP contribution is 2.26. The standard InChI is InChI=1S/C21H33N3O2/c1-17-5-4-6-19(15-17)20(22(2)3)21(25)24-9-7-18(8-10-24)16-23-11-13-26-14-12-23/h4-6,15,18,20H,7-14,16H2,1-3H3. The molecule has 0 aliphatic carbocycles. The lowest BCUT2D eigenvalue weighted by Gasteiger charge is -2.38. The Labute approximate surface area is 157 Å². The molecule has 2 saturated heterocycles. The van der Waals surface area contributed by atoms with E-state index in [4.69, 9.17) is 4.74 Å². The number of piperidine rings is 1. The fraction of sp³-hybridized carbons (Fsp3) is 0.667. The van der Waals surface area contributed by atoms with Crippen molar-refractivity contribution in [2.75, 3.05) is 60.0 Å². The van der Waals surface area contributed by atoms with E-state index in [0.717, 1.165) is 64.3 Å². The number of carbonyl (C=O) groups excluding carboxylic acids is 1. The number of rotatable bonds is 5. The van der Waals surface area contributed by atoms with Gasteiger partial charge in [-0.25, -0.2) is 0 Å². The first-order valence-electron chi connectivity index (χ1n) is 9.86. The number of benzene rings is 1. The molecule has 0 N–H and O–H groups in total. The van der Waals surface area contributed by atoms with Gasteiger partial charge in [-0.15, -0.1) is 0 Å². The number of nitrogens with zero attached hydrogens (tertiary/aromatic N) is 3. The maximum atomic E-state index is 13.2. The van der Waals surface area contributed by atoms with E-state index in [9.17, 15) is 4.79 Å². The average molecular weight is 360 g/mol. The lowest BCUT2D eigenvalue weighted by atomic mass is 9.94. The lowest BCUT2D eigenvalue weighted by Crippen LogP contribution is -2.47. The minimum atomic E-state index is -0.189. The van der Waals surface area contributed by atoms with Crippen LogP contribution in [-0.4, -0.2) is 80.6 Å². The van der Waals surface area contributed by atoms with Gasteiger partial charge in [-0.3, -0.25) is 14.6 Å². The number of aryl methyl sites for hydroxylation is 1. The molecule has 1 atom stereocenters. The van der Waals surface area contributed by atoms with Gasteiger partial charge in [0.25, 0.3) is 0 Å². The summed E-state index contributed by atoms with van der Waals surface area (Å²) < 4.78 is 5.44. The van der Waals surface area contributed by atoms with E-state index in [2.05, 4.69) is 34.9 Å². The molecular formula is C21H33N3O2. The van der Waals surface area contributed by atoms with Crippen molar-refractivity contribution in [2.45, 2.75) is 25.8 Å². The first-order valence-corrected chi connectivity index (χ1v) is 9.86. The fourth-order valence-corrected chi connectivity index (χ4v) is 4.16. The molecule has 0 saturated carbocycles. The van der Waals surface area contributed by atoms with Crippen molar-refractivity contribution in [1.82, 2.24) is 14.7 Å². The maximum Gasteiger partial charge on any atom is 0.244 e. The van der Waals surface area contributed by atoms with Gasteiger partial charge in [0.05, 0.1) is 13.2 Å². The number of morpholine rings is 1. The van der Waals surface area contributed by atoms with E-state index < -0.39 is 0 Å². The topological polar surface area (TPSA) is 36.0 Å². The third-order valence-corrected chi connectivity index (χ3v) is 5.65. The lowest BCUT2D eigenvalue weighted by molar-refractivity contribution is -0.137. The van der Waals surface area contributed by atoms with Gasteiger partial charge in [-0.2, -0.15) is 0 Å². The normalized spacial score (nSPS) is 21.2. The maximum absolute atomic E-state index is 13.2. The van der Waals surface area contributed by atoms with Crippen LogP contribution in [0.15, 0.2) is 24.3 Å². The summed E-state index contributed by atoms with van der Waals surface area (Å²) in [6.07, 6.45) is 2.22. The molecule has 0 bridgehead atoms. The van der Waals surface area contributed by atoms with Crippen LogP contribution in [0.3, 0.4) is 0 Å². The van der Waals surface area contributed by atoms with Crippen molar-refractivity contribution in [3.63, 3.8) is 0 Å². The molecule has 2 aliphatic heterocycles. The monoisotopic (exact) mass is 359 g/mol. The molecule has 0 aromatic heterocycles. The van der Waals surface area contributed by atoms with Crippen LogP contribution in [0.25, 0.3) is 0 Å². The number of carbonyl (C=O) groups is 1. The second-order valence-electron chi connectivity index (χ2n) is 7.96. The summed E-state index contributed by atoms with van der Waals surface area (Å²) in [5, 5.41) is 0. The molecule has 2 heterocycles. The van der Waals surface area contributed by atoms with E-state index in [-0.39, 0.29) is 11.9 Å². The molecule has 1 amide bonds. The second-order valence-corrected chi connectivity index (χ2v) is 7.96. The zero-order valence-corrected chi connectivity index (χ0v) is 16.5. The van der Waals surface area contributed by atoms with Crippen molar-refractivity contribution in [3.8, 4) is 0 Å². The van der Waals surface area contributed by atoms with Crippen LogP contribution in [0, 0.1) is 12.8 Å². The molecule has 26 heavy (non-hydrogen) atoms. The summed E-state index contributed by atoms with van der Waals surface area (Å²) >= 11 is 0. The number of ether oxygens (including phenoxy) is 1. The van der Waals surface area contributed by atoms with Gasteiger partial charge >= 0.3 is 0 Å². The second kappa shape index (κ2) is 8.98. The van der Waals surface area contributed by atoms with Crippen molar-refractivity contribution in [2.24, 2.45) is 5.92 Å². The molecular weight excluding hydrogens is 326 g/mol. The summed E-state index contributed by atoms with van der Waals surface area (Å²) in [5.74, 6) is 0.944. The van der Waals surface area contributed by atoms with E-state index in [0.29, 0.717) is 5.92 Å². The minimum absolute atomic E-state index is 0.189. The van der Waals surface area contributed by atoms with Crippen LogP contribution in [0.2, 0.25) is 0 Å². The zero-order chi connectivity index (χ0) is 18.5. The third kappa shape index (κ3) is 4.84. The highest BCUT2D eigenvalue weighted by Gasteiger charge is 2.31. The third-order valence-electron chi connectivity index (χ3n) is 5.65. The summed E-state index contributed by atoms with van der Waals surface area (Å²) in [5.41, 5.74) is 2.29. The van der Waals surface area contributed by atoms with Crippen molar-refractivity contribution in [3.05, 3.63) is 35.4 Å². The minimum Gasteiger partial charge on any atom is -0.379 e. The van der Waals surface area contributed by atoms with Crippen molar-refractivity contribution < 1.29 is 9.53 Å². The van der Waals surface area contributed by atoms with Gasteiger partial charge in [0.1, 0.15) is 6.04 Å². The highest BCUT2D eigenvalue weighted by molar-refractivity contribution is 5.83. The van der Waals surface area contributed by atoms with Gasteiger partial charge in [0.15, 0.2) is 0 Å². The Hall–Kier alpha value is -1.43. The molecule has 144 valence electrons. The number of likely N-dealkylation sites (N-methyl/N-ethyl adjacent to an activating group) is 1. The molecule has 2 fully saturated rings. The Balaban J connectivity index is 1.57.